The molecule has 0 spiro atoms. The molecule has 0 aromatic heterocycles. The summed E-state index contributed by atoms with van der Waals surface area (Å²) in [4.78, 5) is 14.0. The van der Waals surface area contributed by atoms with E-state index in [2.05, 4.69) is 6.07 Å². The Hall–Kier alpha value is -1.55. The number of fused-ring (bicyclic) bond motifs is 1. The van der Waals surface area contributed by atoms with Crippen molar-refractivity contribution < 1.29 is 9.53 Å². The van der Waals surface area contributed by atoms with Crippen LogP contribution < -0.4 is 10.6 Å². The van der Waals surface area contributed by atoms with Gasteiger partial charge in [0.1, 0.15) is 5.60 Å². The summed E-state index contributed by atoms with van der Waals surface area (Å²) in [5, 5.41) is 0. The Labute approximate surface area is 114 Å². The fourth-order valence-electron chi connectivity index (χ4n) is 2.25. The molecule has 1 aromatic rings. The minimum Gasteiger partial charge on any atom is -0.443 e. The molecule has 104 valence electrons. The average molecular weight is 262 g/mol. The molecule has 0 saturated heterocycles. The van der Waals surface area contributed by atoms with E-state index in [4.69, 9.17) is 10.5 Å². The van der Waals surface area contributed by atoms with E-state index in [1.165, 1.54) is 5.56 Å². The van der Waals surface area contributed by atoms with Crippen molar-refractivity contribution in [1.82, 2.24) is 0 Å². The molecule has 1 aliphatic rings. The van der Waals surface area contributed by atoms with Crippen molar-refractivity contribution >= 4 is 11.8 Å². The molecule has 19 heavy (non-hydrogen) atoms. The van der Waals surface area contributed by atoms with Crippen LogP contribution in [0.3, 0.4) is 0 Å². The molecule has 1 amide bonds. The number of hydrogen-bond acceptors (Lipinski definition) is 3. The molecule has 2 rings (SSSR count). The van der Waals surface area contributed by atoms with E-state index in [9.17, 15) is 4.79 Å². The first-order valence-corrected chi connectivity index (χ1v) is 6.73. The summed E-state index contributed by atoms with van der Waals surface area (Å²) < 4.78 is 5.46. The van der Waals surface area contributed by atoms with Crippen molar-refractivity contribution in [3.05, 3.63) is 29.3 Å². The molecular formula is C15H22N2O2. The molecule has 0 radical (unpaired) electrons. The fourth-order valence-corrected chi connectivity index (χ4v) is 2.25. The van der Waals surface area contributed by atoms with Gasteiger partial charge in [-0.2, -0.15) is 0 Å². The van der Waals surface area contributed by atoms with Crippen LogP contribution in [0.4, 0.5) is 10.5 Å². The van der Waals surface area contributed by atoms with E-state index in [0.29, 0.717) is 13.1 Å². The summed E-state index contributed by atoms with van der Waals surface area (Å²) in [5.41, 5.74) is 8.37. The lowest BCUT2D eigenvalue weighted by molar-refractivity contribution is 0.0578. The second-order valence-electron chi connectivity index (χ2n) is 5.90. The normalized spacial score (nSPS) is 15.1. The van der Waals surface area contributed by atoms with Gasteiger partial charge in [0, 0.05) is 13.1 Å². The molecule has 0 saturated carbocycles. The van der Waals surface area contributed by atoms with E-state index in [0.717, 1.165) is 24.1 Å². The summed E-state index contributed by atoms with van der Waals surface area (Å²) in [7, 11) is 0. The predicted octanol–water partition coefficient (Wildman–Crippen LogP) is 2.83. The van der Waals surface area contributed by atoms with Gasteiger partial charge in [0.25, 0.3) is 0 Å². The number of nitrogens with two attached hydrogens (primary N) is 1. The SMILES string of the molecule is CC(C)(C)OC(=O)N1CCCc2ccc(CN)cc21. The van der Waals surface area contributed by atoms with Crippen LogP contribution in [0.2, 0.25) is 0 Å². The minimum absolute atomic E-state index is 0.275. The molecule has 0 fully saturated rings. The third kappa shape index (κ3) is 3.26. The molecule has 1 heterocycles. The van der Waals surface area contributed by atoms with Crippen LogP contribution in [-0.4, -0.2) is 18.2 Å². The van der Waals surface area contributed by atoms with E-state index in [1.54, 1.807) is 4.90 Å². The number of carbonyl (C=O) groups excluding carboxylic acids is 1. The number of benzene rings is 1. The topological polar surface area (TPSA) is 55.6 Å². The number of ether oxygens (including phenoxy) is 1. The van der Waals surface area contributed by atoms with Crippen molar-refractivity contribution in [2.45, 2.75) is 45.8 Å². The van der Waals surface area contributed by atoms with E-state index in [-0.39, 0.29) is 6.09 Å². The zero-order valence-electron chi connectivity index (χ0n) is 11.9. The third-order valence-electron chi connectivity index (χ3n) is 3.12. The maximum absolute atomic E-state index is 12.2. The van der Waals surface area contributed by atoms with Gasteiger partial charge in [0.15, 0.2) is 0 Å². The lowest BCUT2D eigenvalue weighted by Crippen LogP contribution is -2.39. The average Bonchev–Trinajstić information content (AvgIpc) is 2.35. The zero-order valence-corrected chi connectivity index (χ0v) is 11.9. The molecular weight excluding hydrogens is 240 g/mol. The lowest BCUT2D eigenvalue weighted by Gasteiger charge is -2.32. The Morgan fingerprint density at radius 3 is 2.79 bits per heavy atom. The third-order valence-corrected chi connectivity index (χ3v) is 3.12. The highest BCUT2D eigenvalue weighted by atomic mass is 16.6. The molecule has 4 heteroatoms. The highest BCUT2D eigenvalue weighted by Crippen LogP contribution is 2.29. The van der Waals surface area contributed by atoms with E-state index in [1.807, 2.05) is 32.9 Å². The number of aryl methyl sites for hydroxylation is 1. The lowest BCUT2D eigenvalue weighted by atomic mass is 10.00. The Morgan fingerprint density at radius 2 is 2.16 bits per heavy atom. The van der Waals surface area contributed by atoms with Crippen molar-refractivity contribution in [2.75, 3.05) is 11.4 Å². The number of rotatable bonds is 1. The van der Waals surface area contributed by atoms with Crippen molar-refractivity contribution in [3.63, 3.8) is 0 Å². The number of hydrogen-bond donors (Lipinski definition) is 1. The number of nitrogens with zero attached hydrogens (tertiary/aromatic N) is 1. The van der Waals surface area contributed by atoms with Crippen LogP contribution in [0.1, 0.15) is 38.3 Å². The van der Waals surface area contributed by atoms with Crippen LogP contribution in [0.25, 0.3) is 0 Å². The number of carbonyl (C=O) groups is 1. The van der Waals surface area contributed by atoms with Gasteiger partial charge in [-0.05, 0) is 50.8 Å². The summed E-state index contributed by atoms with van der Waals surface area (Å²) in [5.74, 6) is 0. The molecule has 0 aliphatic carbocycles. The Morgan fingerprint density at radius 1 is 1.42 bits per heavy atom. The Balaban J connectivity index is 2.28. The Kier molecular flexibility index (Phi) is 3.80. The minimum atomic E-state index is -0.472. The van der Waals surface area contributed by atoms with Gasteiger partial charge in [-0.25, -0.2) is 4.79 Å². The molecule has 1 aliphatic heterocycles. The van der Waals surface area contributed by atoms with Crippen LogP contribution >= 0.6 is 0 Å². The largest absolute Gasteiger partial charge is 0.443 e. The molecule has 0 atom stereocenters. The van der Waals surface area contributed by atoms with Crippen molar-refractivity contribution in [2.24, 2.45) is 5.73 Å². The first-order valence-electron chi connectivity index (χ1n) is 6.73. The van der Waals surface area contributed by atoms with Crippen LogP contribution in [0.5, 0.6) is 0 Å². The number of amides is 1. The highest BCUT2D eigenvalue weighted by molar-refractivity contribution is 5.89. The maximum Gasteiger partial charge on any atom is 0.414 e. The van der Waals surface area contributed by atoms with Gasteiger partial charge in [-0.1, -0.05) is 12.1 Å². The quantitative estimate of drug-likeness (QED) is 0.846. The molecule has 1 aromatic carbocycles. The van der Waals surface area contributed by atoms with Gasteiger partial charge in [-0.3, -0.25) is 4.90 Å². The van der Waals surface area contributed by atoms with Crippen molar-refractivity contribution in [3.8, 4) is 0 Å². The zero-order chi connectivity index (χ0) is 14.0. The summed E-state index contributed by atoms with van der Waals surface area (Å²) in [6, 6.07) is 6.09. The Bertz CT molecular complexity index is 478. The summed E-state index contributed by atoms with van der Waals surface area (Å²) in [6.45, 7) is 6.83. The van der Waals surface area contributed by atoms with Gasteiger partial charge < -0.3 is 10.5 Å². The molecule has 0 bridgehead atoms. The smallest absolute Gasteiger partial charge is 0.414 e. The first kappa shape index (κ1) is 13.9. The molecule has 0 unspecified atom stereocenters. The van der Waals surface area contributed by atoms with Crippen LogP contribution in [-0.2, 0) is 17.7 Å². The van der Waals surface area contributed by atoms with Gasteiger partial charge in [0.2, 0.25) is 0 Å². The van der Waals surface area contributed by atoms with E-state index >= 15 is 0 Å². The van der Waals surface area contributed by atoms with E-state index < -0.39 is 5.60 Å². The standard InChI is InChI=1S/C15H22N2O2/c1-15(2,3)19-14(18)17-8-4-5-12-7-6-11(10-16)9-13(12)17/h6-7,9H,4-5,8,10,16H2,1-3H3. The van der Waals surface area contributed by atoms with Gasteiger partial charge in [0.05, 0.1) is 5.69 Å². The second kappa shape index (κ2) is 5.21. The van der Waals surface area contributed by atoms with Gasteiger partial charge in [-0.15, -0.1) is 0 Å². The molecule has 2 N–H and O–H groups in total. The van der Waals surface area contributed by atoms with Crippen molar-refractivity contribution in [1.29, 1.82) is 0 Å². The molecule has 4 nitrogen and oxygen atoms in total. The second-order valence-corrected chi connectivity index (χ2v) is 5.90. The summed E-state index contributed by atoms with van der Waals surface area (Å²) in [6.07, 6.45) is 1.69. The maximum atomic E-state index is 12.2. The van der Waals surface area contributed by atoms with Crippen LogP contribution in [0, 0.1) is 0 Å². The predicted molar refractivity (Wildman–Crippen MR) is 76.2 cm³/mol. The van der Waals surface area contributed by atoms with Gasteiger partial charge >= 0.3 is 6.09 Å². The highest BCUT2D eigenvalue weighted by Gasteiger charge is 2.27. The fraction of sp³-hybridized carbons (Fsp3) is 0.533. The number of anilines is 1. The summed E-state index contributed by atoms with van der Waals surface area (Å²) >= 11 is 0. The first-order chi connectivity index (χ1) is 8.90. The van der Waals surface area contributed by atoms with Crippen LogP contribution in [0.15, 0.2) is 18.2 Å². The monoisotopic (exact) mass is 262 g/mol.